The molecule has 2 atom stereocenters. The first-order valence-electron chi connectivity index (χ1n) is 7.73. The monoisotopic (exact) mass is 321 g/mol. The summed E-state index contributed by atoms with van der Waals surface area (Å²) in [6.45, 7) is 0.108. The molecular formula is C17H23NO5. The number of hydrogen-bond acceptors (Lipinski definition) is 4. The molecule has 2 unspecified atom stereocenters. The van der Waals surface area contributed by atoms with Gasteiger partial charge in [0.05, 0.1) is 6.10 Å². The minimum atomic E-state index is -1.37. The number of rotatable bonds is 5. The predicted molar refractivity (Wildman–Crippen MR) is 84.0 cm³/mol. The number of nitrogens with zero attached hydrogens (tertiary/aromatic N) is 1. The highest BCUT2D eigenvalue weighted by atomic mass is 16.6. The summed E-state index contributed by atoms with van der Waals surface area (Å²) in [4.78, 5) is 25.5. The average molecular weight is 321 g/mol. The number of methoxy groups -OCH3 is 1. The van der Waals surface area contributed by atoms with Gasteiger partial charge in [0.2, 0.25) is 0 Å². The Labute approximate surface area is 136 Å². The van der Waals surface area contributed by atoms with Crippen molar-refractivity contribution in [2.75, 3.05) is 14.2 Å². The normalized spacial score (nSPS) is 24.0. The van der Waals surface area contributed by atoms with E-state index in [9.17, 15) is 14.7 Å². The van der Waals surface area contributed by atoms with Crippen LogP contribution in [0.5, 0.6) is 0 Å². The summed E-state index contributed by atoms with van der Waals surface area (Å²) < 4.78 is 10.7. The maximum Gasteiger partial charge on any atom is 0.410 e. The molecule has 0 aliphatic heterocycles. The van der Waals surface area contributed by atoms with Crippen molar-refractivity contribution in [3.05, 3.63) is 35.9 Å². The van der Waals surface area contributed by atoms with Gasteiger partial charge in [-0.05, 0) is 18.4 Å². The highest BCUT2D eigenvalue weighted by Gasteiger charge is 2.53. The summed E-state index contributed by atoms with van der Waals surface area (Å²) in [5, 5.41) is 9.77. The van der Waals surface area contributed by atoms with Crippen molar-refractivity contribution in [1.82, 2.24) is 4.90 Å². The van der Waals surface area contributed by atoms with Crippen molar-refractivity contribution in [3.8, 4) is 0 Å². The molecule has 1 aliphatic rings. The number of carboxylic acid groups (broad SMARTS) is 1. The molecule has 6 heteroatoms. The van der Waals surface area contributed by atoms with Gasteiger partial charge in [-0.25, -0.2) is 9.59 Å². The van der Waals surface area contributed by atoms with Gasteiger partial charge in [0.25, 0.3) is 0 Å². The van der Waals surface area contributed by atoms with E-state index in [4.69, 9.17) is 9.47 Å². The molecule has 0 saturated heterocycles. The largest absolute Gasteiger partial charge is 0.479 e. The Kier molecular flexibility index (Phi) is 5.60. The molecule has 126 valence electrons. The minimum Gasteiger partial charge on any atom is -0.479 e. The second kappa shape index (κ2) is 7.46. The maximum atomic E-state index is 12.4. The van der Waals surface area contributed by atoms with Gasteiger partial charge in [-0.3, -0.25) is 4.90 Å². The predicted octanol–water partition coefficient (Wildman–Crippen LogP) is 2.67. The van der Waals surface area contributed by atoms with E-state index in [0.717, 1.165) is 18.4 Å². The highest BCUT2D eigenvalue weighted by molar-refractivity contribution is 5.85. The Morgan fingerprint density at radius 1 is 1.30 bits per heavy atom. The van der Waals surface area contributed by atoms with Crippen LogP contribution in [0.15, 0.2) is 30.3 Å². The van der Waals surface area contributed by atoms with Gasteiger partial charge < -0.3 is 14.6 Å². The quantitative estimate of drug-likeness (QED) is 0.902. The fourth-order valence-corrected chi connectivity index (χ4v) is 3.19. The summed E-state index contributed by atoms with van der Waals surface area (Å²) in [7, 11) is 2.95. The van der Waals surface area contributed by atoms with Crippen LogP contribution in [-0.4, -0.2) is 47.9 Å². The summed E-state index contributed by atoms with van der Waals surface area (Å²) in [6.07, 6.45) is 1.41. The topological polar surface area (TPSA) is 76.1 Å². The Balaban J connectivity index is 2.12. The molecule has 1 N–H and O–H groups in total. The van der Waals surface area contributed by atoms with E-state index in [1.807, 2.05) is 30.3 Å². The third-order valence-electron chi connectivity index (χ3n) is 4.54. The van der Waals surface area contributed by atoms with Crippen molar-refractivity contribution in [2.45, 2.75) is 43.9 Å². The van der Waals surface area contributed by atoms with Crippen LogP contribution in [0.2, 0.25) is 0 Å². The van der Waals surface area contributed by atoms with Gasteiger partial charge in [-0.15, -0.1) is 0 Å². The number of ether oxygens (including phenoxy) is 2. The van der Waals surface area contributed by atoms with Gasteiger partial charge in [-0.1, -0.05) is 43.2 Å². The zero-order valence-electron chi connectivity index (χ0n) is 13.5. The van der Waals surface area contributed by atoms with E-state index in [1.54, 1.807) is 0 Å². The Morgan fingerprint density at radius 2 is 2.00 bits per heavy atom. The SMILES string of the molecule is COC1CCCCC1(C(=O)O)N(C)C(=O)OCc1ccccc1. The van der Waals surface area contributed by atoms with Crippen LogP contribution in [0, 0.1) is 0 Å². The van der Waals surface area contributed by atoms with E-state index >= 15 is 0 Å². The van der Waals surface area contributed by atoms with E-state index in [0.29, 0.717) is 12.8 Å². The first-order valence-corrected chi connectivity index (χ1v) is 7.73. The molecule has 1 fully saturated rings. The lowest BCUT2D eigenvalue weighted by molar-refractivity contribution is -0.164. The molecule has 0 heterocycles. The number of aliphatic carboxylic acids is 1. The van der Waals surface area contributed by atoms with Crippen LogP contribution in [0.25, 0.3) is 0 Å². The fourth-order valence-electron chi connectivity index (χ4n) is 3.19. The molecule has 0 aromatic heterocycles. The maximum absolute atomic E-state index is 12.4. The van der Waals surface area contributed by atoms with Crippen molar-refractivity contribution in [1.29, 1.82) is 0 Å². The smallest absolute Gasteiger partial charge is 0.410 e. The van der Waals surface area contributed by atoms with Crippen LogP contribution in [0.3, 0.4) is 0 Å². The molecule has 0 radical (unpaired) electrons. The molecule has 1 amide bonds. The molecule has 1 aromatic rings. The van der Waals surface area contributed by atoms with Crippen LogP contribution < -0.4 is 0 Å². The van der Waals surface area contributed by atoms with Crippen molar-refractivity contribution >= 4 is 12.1 Å². The van der Waals surface area contributed by atoms with E-state index < -0.39 is 23.7 Å². The molecule has 1 saturated carbocycles. The summed E-state index contributed by atoms with van der Waals surface area (Å²) >= 11 is 0. The van der Waals surface area contributed by atoms with Gasteiger partial charge in [-0.2, -0.15) is 0 Å². The Morgan fingerprint density at radius 3 is 2.61 bits per heavy atom. The summed E-state index contributed by atoms with van der Waals surface area (Å²) in [5.41, 5.74) is -0.522. The zero-order chi connectivity index (χ0) is 16.9. The summed E-state index contributed by atoms with van der Waals surface area (Å²) in [6, 6.07) is 9.28. The lowest BCUT2D eigenvalue weighted by atomic mass is 9.78. The van der Waals surface area contributed by atoms with Crippen LogP contribution in [0.4, 0.5) is 4.79 Å². The second-order valence-corrected chi connectivity index (χ2v) is 5.80. The molecule has 1 aliphatic carbocycles. The number of amides is 1. The molecule has 2 rings (SSSR count). The third-order valence-corrected chi connectivity index (χ3v) is 4.54. The lowest BCUT2D eigenvalue weighted by Crippen LogP contribution is -2.64. The lowest BCUT2D eigenvalue weighted by Gasteiger charge is -2.45. The van der Waals surface area contributed by atoms with E-state index in [-0.39, 0.29) is 6.61 Å². The standard InChI is InChI=1S/C17H23NO5/c1-18(16(21)23-12-13-8-4-3-5-9-13)17(15(19)20)11-7-6-10-14(17)22-2/h3-5,8-9,14H,6-7,10-12H2,1-2H3,(H,19,20). The van der Waals surface area contributed by atoms with Crippen molar-refractivity contribution in [2.24, 2.45) is 0 Å². The minimum absolute atomic E-state index is 0.108. The van der Waals surface area contributed by atoms with Gasteiger partial charge in [0.15, 0.2) is 5.54 Å². The fraction of sp³-hybridized carbons (Fsp3) is 0.529. The summed E-state index contributed by atoms with van der Waals surface area (Å²) in [5.74, 6) is -1.05. The van der Waals surface area contributed by atoms with Crippen LogP contribution in [0.1, 0.15) is 31.2 Å². The van der Waals surface area contributed by atoms with Crippen molar-refractivity contribution in [3.63, 3.8) is 0 Å². The Hall–Kier alpha value is -2.08. The van der Waals surface area contributed by atoms with Gasteiger partial charge in [0.1, 0.15) is 6.61 Å². The first kappa shape index (κ1) is 17.3. The number of carbonyl (C=O) groups excluding carboxylic acids is 1. The van der Waals surface area contributed by atoms with E-state index in [1.165, 1.54) is 19.1 Å². The van der Waals surface area contributed by atoms with Crippen molar-refractivity contribution < 1.29 is 24.2 Å². The molecule has 23 heavy (non-hydrogen) atoms. The number of benzene rings is 1. The second-order valence-electron chi connectivity index (χ2n) is 5.80. The molecule has 0 bridgehead atoms. The first-order chi connectivity index (χ1) is 11.0. The van der Waals surface area contributed by atoms with Crippen LogP contribution >= 0.6 is 0 Å². The molecular weight excluding hydrogens is 298 g/mol. The number of likely N-dealkylation sites (N-methyl/N-ethyl adjacent to an activating group) is 1. The average Bonchev–Trinajstić information content (AvgIpc) is 2.59. The van der Waals surface area contributed by atoms with E-state index in [2.05, 4.69) is 0 Å². The van der Waals surface area contributed by atoms with Gasteiger partial charge in [0, 0.05) is 14.2 Å². The molecule has 6 nitrogen and oxygen atoms in total. The zero-order valence-corrected chi connectivity index (χ0v) is 13.5. The third kappa shape index (κ3) is 3.47. The number of hydrogen-bond donors (Lipinski definition) is 1. The van der Waals surface area contributed by atoms with Crippen LogP contribution in [-0.2, 0) is 20.9 Å². The number of carboxylic acids is 1. The number of carbonyl (C=O) groups is 2. The Bertz CT molecular complexity index is 547. The molecule has 0 spiro atoms. The molecule has 1 aromatic carbocycles. The highest BCUT2D eigenvalue weighted by Crippen LogP contribution is 2.36. The van der Waals surface area contributed by atoms with Gasteiger partial charge >= 0.3 is 12.1 Å².